The Bertz CT molecular complexity index is 359. The van der Waals surface area contributed by atoms with Gasteiger partial charge in [-0.3, -0.25) is 4.79 Å². The van der Waals surface area contributed by atoms with Gasteiger partial charge in [-0.15, -0.1) is 0 Å². The SMILES string of the molecule is CCC(CC)C(=O)c1ccc(Cl)cc1F. The van der Waals surface area contributed by atoms with E-state index in [0.717, 1.165) is 12.8 Å². The molecule has 0 saturated carbocycles. The lowest BCUT2D eigenvalue weighted by Gasteiger charge is -2.11. The predicted octanol–water partition coefficient (Wildman–Crippen LogP) is 4.10. The molecule has 1 aromatic carbocycles. The van der Waals surface area contributed by atoms with E-state index >= 15 is 0 Å². The van der Waals surface area contributed by atoms with Crippen LogP contribution in [0.1, 0.15) is 37.0 Å². The molecule has 0 aromatic heterocycles. The molecule has 15 heavy (non-hydrogen) atoms. The lowest BCUT2D eigenvalue weighted by atomic mass is 9.93. The highest BCUT2D eigenvalue weighted by atomic mass is 35.5. The molecule has 0 spiro atoms. The second-order valence-electron chi connectivity index (χ2n) is 3.50. The molecule has 0 aliphatic heterocycles. The molecule has 82 valence electrons. The fraction of sp³-hybridized carbons (Fsp3) is 0.417. The van der Waals surface area contributed by atoms with Crippen molar-refractivity contribution in [2.75, 3.05) is 0 Å². The first kappa shape index (κ1) is 12.2. The minimum absolute atomic E-state index is 0.0966. The van der Waals surface area contributed by atoms with E-state index in [1.807, 2.05) is 13.8 Å². The van der Waals surface area contributed by atoms with Crippen LogP contribution in [0, 0.1) is 11.7 Å². The first-order valence-electron chi connectivity index (χ1n) is 5.09. The summed E-state index contributed by atoms with van der Waals surface area (Å²) in [5.74, 6) is -0.755. The molecule has 0 amide bonds. The molecule has 0 bridgehead atoms. The van der Waals surface area contributed by atoms with E-state index in [-0.39, 0.29) is 17.3 Å². The lowest BCUT2D eigenvalue weighted by molar-refractivity contribution is 0.0909. The van der Waals surface area contributed by atoms with E-state index in [1.54, 1.807) is 6.07 Å². The van der Waals surface area contributed by atoms with Crippen LogP contribution in [0.3, 0.4) is 0 Å². The smallest absolute Gasteiger partial charge is 0.168 e. The van der Waals surface area contributed by atoms with Crippen LogP contribution in [0.2, 0.25) is 5.02 Å². The van der Waals surface area contributed by atoms with E-state index in [4.69, 9.17) is 11.6 Å². The third-order valence-corrected chi connectivity index (χ3v) is 2.79. The van der Waals surface area contributed by atoms with E-state index < -0.39 is 5.82 Å². The number of halogens is 2. The topological polar surface area (TPSA) is 17.1 Å². The Balaban J connectivity index is 3.00. The van der Waals surface area contributed by atoms with Gasteiger partial charge in [0.1, 0.15) is 5.82 Å². The molecule has 0 radical (unpaired) electrons. The van der Waals surface area contributed by atoms with Gasteiger partial charge in [-0.1, -0.05) is 25.4 Å². The zero-order valence-electron chi connectivity index (χ0n) is 8.89. The van der Waals surface area contributed by atoms with Gasteiger partial charge in [-0.2, -0.15) is 0 Å². The van der Waals surface area contributed by atoms with Crippen LogP contribution in [-0.4, -0.2) is 5.78 Å². The Morgan fingerprint density at radius 2 is 2.00 bits per heavy atom. The Morgan fingerprint density at radius 1 is 1.40 bits per heavy atom. The van der Waals surface area contributed by atoms with Gasteiger partial charge in [0.2, 0.25) is 0 Å². The second-order valence-corrected chi connectivity index (χ2v) is 3.94. The molecule has 0 N–H and O–H groups in total. The molecular weight excluding hydrogens is 215 g/mol. The fourth-order valence-electron chi connectivity index (χ4n) is 1.57. The van der Waals surface area contributed by atoms with Crippen LogP contribution in [0.25, 0.3) is 0 Å². The number of ketones is 1. The van der Waals surface area contributed by atoms with Gasteiger partial charge in [0.25, 0.3) is 0 Å². The molecule has 0 aliphatic rings. The minimum Gasteiger partial charge on any atom is -0.294 e. The minimum atomic E-state index is -0.528. The highest BCUT2D eigenvalue weighted by Crippen LogP contribution is 2.20. The maximum atomic E-state index is 13.4. The van der Waals surface area contributed by atoms with Crippen molar-refractivity contribution in [1.82, 2.24) is 0 Å². The van der Waals surface area contributed by atoms with Gasteiger partial charge in [-0.25, -0.2) is 4.39 Å². The van der Waals surface area contributed by atoms with Crippen LogP contribution in [-0.2, 0) is 0 Å². The molecular formula is C12H14ClFO. The number of benzene rings is 1. The summed E-state index contributed by atoms with van der Waals surface area (Å²) >= 11 is 5.62. The standard InChI is InChI=1S/C12H14ClFO/c1-3-8(4-2)12(15)10-6-5-9(13)7-11(10)14/h5-8H,3-4H2,1-2H3. The molecule has 1 nitrogen and oxygen atoms in total. The van der Waals surface area contributed by atoms with Crippen molar-refractivity contribution in [3.8, 4) is 0 Å². The van der Waals surface area contributed by atoms with E-state index in [9.17, 15) is 9.18 Å². The van der Waals surface area contributed by atoms with Crippen LogP contribution >= 0.6 is 11.6 Å². The first-order chi connectivity index (χ1) is 7.10. The zero-order valence-corrected chi connectivity index (χ0v) is 9.64. The fourth-order valence-corrected chi connectivity index (χ4v) is 1.73. The monoisotopic (exact) mass is 228 g/mol. The van der Waals surface area contributed by atoms with Crippen LogP contribution < -0.4 is 0 Å². The van der Waals surface area contributed by atoms with Crippen LogP contribution in [0.15, 0.2) is 18.2 Å². The van der Waals surface area contributed by atoms with Gasteiger partial charge in [0, 0.05) is 10.9 Å². The highest BCUT2D eigenvalue weighted by Gasteiger charge is 2.19. The first-order valence-corrected chi connectivity index (χ1v) is 5.47. The van der Waals surface area contributed by atoms with Crippen molar-refractivity contribution >= 4 is 17.4 Å². The molecule has 1 aromatic rings. The summed E-state index contributed by atoms with van der Waals surface area (Å²) < 4.78 is 13.4. The number of rotatable bonds is 4. The van der Waals surface area contributed by atoms with E-state index in [0.29, 0.717) is 5.02 Å². The Morgan fingerprint density at radius 3 is 2.47 bits per heavy atom. The third-order valence-electron chi connectivity index (χ3n) is 2.55. The summed E-state index contributed by atoms with van der Waals surface area (Å²) in [5, 5.41) is 0.314. The number of carbonyl (C=O) groups is 1. The summed E-state index contributed by atoms with van der Waals surface area (Å²) in [6, 6.07) is 4.18. The van der Waals surface area contributed by atoms with Crippen molar-refractivity contribution in [2.24, 2.45) is 5.92 Å². The number of hydrogen-bond acceptors (Lipinski definition) is 1. The lowest BCUT2D eigenvalue weighted by Crippen LogP contribution is -2.14. The van der Waals surface area contributed by atoms with Crippen molar-refractivity contribution in [2.45, 2.75) is 26.7 Å². The molecule has 0 unspecified atom stereocenters. The summed E-state index contributed by atoms with van der Waals surface area (Å²) in [7, 11) is 0. The normalized spacial score (nSPS) is 10.7. The number of hydrogen-bond donors (Lipinski definition) is 0. The van der Waals surface area contributed by atoms with Gasteiger partial charge in [-0.05, 0) is 31.0 Å². The quantitative estimate of drug-likeness (QED) is 0.710. The van der Waals surface area contributed by atoms with Gasteiger partial charge < -0.3 is 0 Å². The van der Waals surface area contributed by atoms with Crippen molar-refractivity contribution in [3.05, 3.63) is 34.6 Å². The largest absolute Gasteiger partial charge is 0.294 e. The highest BCUT2D eigenvalue weighted by molar-refractivity contribution is 6.30. The molecule has 0 aliphatic carbocycles. The zero-order chi connectivity index (χ0) is 11.4. The van der Waals surface area contributed by atoms with Crippen LogP contribution in [0.4, 0.5) is 4.39 Å². The summed E-state index contributed by atoms with van der Waals surface area (Å²) in [6.45, 7) is 3.86. The van der Waals surface area contributed by atoms with Crippen molar-refractivity contribution in [3.63, 3.8) is 0 Å². The Hall–Kier alpha value is -0.890. The Kier molecular flexibility index (Phi) is 4.28. The summed E-state index contributed by atoms with van der Waals surface area (Å²) in [6.07, 6.45) is 1.47. The average Bonchev–Trinajstić information content (AvgIpc) is 2.19. The molecule has 0 fully saturated rings. The van der Waals surface area contributed by atoms with Gasteiger partial charge >= 0.3 is 0 Å². The summed E-state index contributed by atoms with van der Waals surface area (Å²) in [4.78, 5) is 11.9. The second kappa shape index (κ2) is 5.26. The molecule has 1 rings (SSSR count). The van der Waals surface area contributed by atoms with Gasteiger partial charge in [0.15, 0.2) is 5.78 Å². The number of Topliss-reactive ketones (excluding diaryl/α,β-unsaturated/α-hetero) is 1. The maximum Gasteiger partial charge on any atom is 0.168 e. The van der Waals surface area contributed by atoms with Crippen molar-refractivity contribution < 1.29 is 9.18 Å². The van der Waals surface area contributed by atoms with Crippen LogP contribution in [0.5, 0.6) is 0 Å². The summed E-state index contributed by atoms with van der Waals surface area (Å²) in [5.41, 5.74) is 0.146. The average molecular weight is 229 g/mol. The molecule has 0 atom stereocenters. The Labute approximate surface area is 94.3 Å². The van der Waals surface area contributed by atoms with E-state index in [2.05, 4.69) is 0 Å². The van der Waals surface area contributed by atoms with E-state index in [1.165, 1.54) is 12.1 Å². The third kappa shape index (κ3) is 2.78. The maximum absolute atomic E-state index is 13.4. The molecule has 0 heterocycles. The molecule has 3 heteroatoms. The number of carbonyl (C=O) groups excluding carboxylic acids is 1. The molecule has 0 saturated heterocycles. The van der Waals surface area contributed by atoms with Gasteiger partial charge in [0.05, 0.1) is 5.56 Å². The predicted molar refractivity (Wildman–Crippen MR) is 59.8 cm³/mol. The van der Waals surface area contributed by atoms with Crippen molar-refractivity contribution in [1.29, 1.82) is 0 Å².